The Morgan fingerprint density at radius 3 is 1.64 bits per heavy atom. The van der Waals surface area contributed by atoms with Crippen LogP contribution in [0.1, 0.15) is 5.76 Å². The SMILES string of the molecule is COc1cc(O[C@@H]2O[C@H](CO[C@@H]3O[C@H](CO)[C@@H](O)[C@H](O[C@@H]4O[C@H](CO[C@@H]5O[C@H](CO)[C@@H](O)[C@H](O)[C@H]5O)[C@@H](O)[C@H](O)[C@H]4O)[C@H]3O)[C@@H](O)[C@H](O)[C@H]2O)c2c(O)c3c(=O)cc(C)oc3cc2c1. The van der Waals surface area contributed by atoms with E-state index in [-0.39, 0.29) is 39.0 Å². The second-order valence-electron chi connectivity index (χ2n) is 15.9. The van der Waals surface area contributed by atoms with Crippen molar-refractivity contribution in [3.63, 3.8) is 0 Å². The third kappa shape index (κ3) is 9.27. The number of benzene rings is 2. The monoisotopic (exact) mass is 920 g/mol. The molecule has 0 radical (unpaired) electrons. The Hall–Kier alpha value is -3.49. The normalized spacial score (nSPS) is 40.7. The molecule has 4 saturated heterocycles. The molecule has 25 nitrogen and oxygen atoms in total. The average molecular weight is 921 g/mol. The molecule has 4 fully saturated rings. The van der Waals surface area contributed by atoms with Gasteiger partial charge in [0.25, 0.3) is 0 Å². The van der Waals surface area contributed by atoms with Crippen LogP contribution in [0.25, 0.3) is 21.7 Å². The van der Waals surface area contributed by atoms with Gasteiger partial charge in [-0.15, -0.1) is 0 Å². The van der Waals surface area contributed by atoms with E-state index < -0.39 is 160 Å². The number of methoxy groups -OCH3 is 1. The van der Waals surface area contributed by atoms with E-state index in [1.807, 2.05) is 0 Å². The van der Waals surface area contributed by atoms with Gasteiger partial charge in [-0.2, -0.15) is 0 Å². The predicted octanol–water partition coefficient (Wildman–Crippen LogP) is -6.38. The van der Waals surface area contributed by atoms with Gasteiger partial charge in [-0.3, -0.25) is 4.79 Å². The molecule has 0 saturated carbocycles. The molecule has 0 aliphatic carbocycles. The molecule has 0 bridgehead atoms. The number of phenolic OH excluding ortho intramolecular Hbond substituents is 1. The van der Waals surface area contributed by atoms with Crippen molar-refractivity contribution >= 4 is 21.7 Å². The van der Waals surface area contributed by atoms with Gasteiger partial charge in [0.1, 0.15) is 132 Å². The zero-order chi connectivity index (χ0) is 46.5. The maximum Gasteiger partial charge on any atom is 0.229 e. The van der Waals surface area contributed by atoms with Crippen LogP contribution in [0.15, 0.2) is 33.5 Å². The minimum absolute atomic E-state index is 0.0335. The van der Waals surface area contributed by atoms with Gasteiger partial charge in [0.05, 0.1) is 38.9 Å². The van der Waals surface area contributed by atoms with Crippen molar-refractivity contribution in [3.05, 3.63) is 40.2 Å². The number of rotatable bonds is 13. The largest absolute Gasteiger partial charge is 0.506 e. The van der Waals surface area contributed by atoms with Crippen molar-refractivity contribution < 1.29 is 119 Å². The molecule has 25 heteroatoms. The highest BCUT2D eigenvalue weighted by Gasteiger charge is 2.53. The zero-order valence-corrected chi connectivity index (χ0v) is 33.9. The van der Waals surface area contributed by atoms with E-state index in [1.54, 1.807) is 6.92 Å². The fraction of sp³-hybridized carbons (Fsp3) is 0.667. The summed E-state index contributed by atoms with van der Waals surface area (Å²) in [5, 5.41) is 149. The number of aryl methyl sites for hydroxylation is 1. The number of aliphatic hydroxyl groups is 13. The third-order valence-electron chi connectivity index (χ3n) is 11.6. The summed E-state index contributed by atoms with van der Waals surface area (Å²) in [6, 6.07) is 5.44. The number of phenols is 1. The summed E-state index contributed by atoms with van der Waals surface area (Å²) < 4.78 is 56.0. The number of hydrogen-bond donors (Lipinski definition) is 14. The minimum atomic E-state index is -2.05. The van der Waals surface area contributed by atoms with E-state index in [4.69, 9.17) is 47.0 Å². The standard InChI is InChI=1S/C39H52O25/c1-11-3-14(42)22-15(58-11)5-12-4-13(55-2)6-16(21(12)27(22)47)59-38-32(52)29(49)24(44)19(62-38)10-57-37-34(54)35(26(46)18(8-41)61-37)64-39-33(53)30(50)25(45)20(63-39)9-56-36-31(51)28(48)23(43)17(7-40)60-36/h3-6,17-20,23-26,28-41,43-54H,7-10H2,1-2H3/t17-,18-,19-,20-,23-,24-,25-,26-,28+,29+,30+,31-,32-,33-,34-,35+,36-,37-,38-,39+/m1/s1. The van der Waals surface area contributed by atoms with E-state index in [9.17, 15) is 76.3 Å². The Kier molecular flexibility index (Phi) is 15.0. The summed E-state index contributed by atoms with van der Waals surface area (Å²) in [6.07, 6.45) is -36.2. The number of fused-ring (bicyclic) bond motifs is 2. The molecule has 7 rings (SSSR count). The molecule has 1 aromatic heterocycles. The van der Waals surface area contributed by atoms with Crippen molar-refractivity contribution in [2.45, 2.75) is 130 Å². The molecule has 0 amide bonds. The second-order valence-corrected chi connectivity index (χ2v) is 15.9. The molecule has 4 aliphatic rings. The molecular weight excluding hydrogens is 868 g/mol. The molecule has 358 valence electrons. The highest BCUT2D eigenvalue weighted by Crippen LogP contribution is 2.42. The Bertz CT molecular complexity index is 2120. The summed E-state index contributed by atoms with van der Waals surface area (Å²) in [4.78, 5) is 12.9. The first-order valence-electron chi connectivity index (χ1n) is 20.0. The lowest BCUT2D eigenvalue weighted by Gasteiger charge is -2.46. The molecule has 4 aliphatic heterocycles. The zero-order valence-electron chi connectivity index (χ0n) is 33.9. The van der Waals surface area contributed by atoms with Gasteiger partial charge in [0.15, 0.2) is 24.3 Å². The average Bonchev–Trinajstić information content (AvgIpc) is 3.26. The van der Waals surface area contributed by atoms with Gasteiger partial charge in [0, 0.05) is 12.1 Å². The minimum Gasteiger partial charge on any atom is -0.506 e. The summed E-state index contributed by atoms with van der Waals surface area (Å²) in [7, 11) is 1.34. The van der Waals surface area contributed by atoms with Gasteiger partial charge in [-0.1, -0.05) is 0 Å². The second kappa shape index (κ2) is 19.8. The maximum absolute atomic E-state index is 12.9. The molecule has 5 heterocycles. The number of hydrogen-bond acceptors (Lipinski definition) is 25. The highest BCUT2D eigenvalue weighted by molar-refractivity contribution is 6.06. The van der Waals surface area contributed by atoms with Crippen molar-refractivity contribution in [2.24, 2.45) is 0 Å². The lowest BCUT2D eigenvalue weighted by molar-refractivity contribution is -0.369. The fourth-order valence-electron chi connectivity index (χ4n) is 7.96. The van der Waals surface area contributed by atoms with E-state index in [0.29, 0.717) is 0 Å². The Balaban J connectivity index is 1.05. The molecular formula is C39H52O25. The molecule has 2 aromatic carbocycles. The van der Waals surface area contributed by atoms with E-state index in [1.165, 1.54) is 31.4 Å². The van der Waals surface area contributed by atoms with Crippen molar-refractivity contribution in [2.75, 3.05) is 33.5 Å². The fourth-order valence-corrected chi connectivity index (χ4v) is 7.96. The van der Waals surface area contributed by atoms with Gasteiger partial charge in [-0.05, 0) is 24.4 Å². The quantitative estimate of drug-likeness (QED) is 0.0709. The molecule has 64 heavy (non-hydrogen) atoms. The van der Waals surface area contributed by atoms with Gasteiger partial charge < -0.3 is 119 Å². The lowest BCUT2D eigenvalue weighted by atomic mass is 9.96. The van der Waals surface area contributed by atoms with Crippen LogP contribution in [0.4, 0.5) is 0 Å². The molecule has 14 N–H and O–H groups in total. The van der Waals surface area contributed by atoms with Crippen LogP contribution < -0.4 is 14.9 Å². The third-order valence-corrected chi connectivity index (χ3v) is 11.6. The maximum atomic E-state index is 12.9. The van der Waals surface area contributed by atoms with Gasteiger partial charge in [-0.25, -0.2) is 0 Å². The number of aliphatic hydroxyl groups excluding tert-OH is 13. The Morgan fingerprint density at radius 1 is 0.562 bits per heavy atom. The van der Waals surface area contributed by atoms with Crippen LogP contribution in [0, 0.1) is 6.92 Å². The molecule has 3 aromatic rings. The number of ether oxygens (including phenoxy) is 9. The van der Waals surface area contributed by atoms with Gasteiger partial charge in [0.2, 0.25) is 6.29 Å². The highest BCUT2D eigenvalue weighted by atomic mass is 16.8. The smallest absolute Gasteiger partial charge is 0.229 e. The van der Waals surface area contributed by atoms with Crippen LogP contribution in [0.2, 0.25) is 0 Å². The van der Waals surface area contributed by atoms with Crippen LogP contribution >= 0.6 is 0 Å². The first kappa shape index (κ1) is 48.4. The predicted molar refractivity (Wildman–Crippen MR) is 205 cm³/mol. The van der Waals surface area contributed by atoms with E-state index in [0.717, 1.165) is 0 Å². The lowest BCUT2D eigenvalue weighted by Crippen LogP contribution is -2.65. The first-order chi connectivity index (χ1) is 30.4. The molecule has 0 unspecified atom stereocenters. The van der Waals surface area contributed by atoms with Gasteiger partial charge >= 0.3 is 0 Å². The van der Waals surface area contributed by atoms with Crippen molar-refractivity contribution in [1.29, 1.82) is 0 Å². The molecule has 20 atom stereocenters. The van der Waals surface area contributed by atoms with Crippen LogP contribution in [-0.4, -0.2) is 228 Å². The van der Waals surface area contributed by atoms with Crippen LogP contribution in [0.3, 0.4) is 0 Å². The summed E-state index contributed by atoms with van der Waals surface area (Å²) in [6.45, 7) is -1.61. The number of aromatic hydroxyl groups is 1. The topological polar surface area (TPSA) is 397 Å². The Morgan fingerprint density at radius 2 is 1.06 bits per heavy atom. The van der Waals surface area contributed by atoms with E-state index >= 15 is 0 Å². The first-order valence-corrected chi connectivity index (χ1v) is 20.0. The van der Waals surface area contributed by atoms with Crippen molar-refractivity contribution in [1.82, 2.24) is 0 Å². The van der Waals surface area contributed by atoms with Crippen LogP contribution in [0.5, 0.6) is 17.2 Å². The van der Waals surface area contributed by atoms with Crippen molar-refractivity contribution in [3.8, 4) is 17.2 Å². The summed E-state index contributed by atoms with van der Waals surface area (Å²) in [5.41, 5.74) is -0.513. The van der Waals surface area contributed by atoms with Crippen LogP contribution in [-0.2, 0) is 33.2 Å². The summed E-state index contributed by atoms with van der Waals surface area (Å²) in [5.74, 6) is -0.269. The molecule has 0 spiro atoms. The summed E-state index contributed by atoms with van der Waals surface area (Å²) >= 11 is 0. The van der Waals surface area contributed by atoms with E-state index in [2.05, 4.69) is 0 Å². The Labute approximate surface area is 360 Å².